The van der Waals surface area contributed by atoms with E-state index in [0.717, 1.165) is 6.26 Å². The van der Waals surface area contributed by atoms with Crippen molar-refractivity contribution in [3.8, 4) is 0 Å². The Hall–Kier alpha value is 0.160. The lowest BCUT2D eigenvalue weighted by Gasteiger charge is -2.06. The molecule has 1 fully saturated rings. The second-order valence-corrected chi connectivity index (χ2v) is 4.61. The first kappa shape index (κ1) is 9.25. The minimum Gasteiger partial charge on any atom is -0.350 e. The molecule has 0 aromatic heterocycles. The molecule has 0 aliphatic carbocycles. The van der Waals surface area contributed by atoms with E-state index in [-0.39, 0.29) is 5.38 Å². The lowest BCUT2D eigenvalue weighted by molar-refractivity contribution is -0.0338. The maximum absolute atomic E-state index is 10.5. The van der Waals surface area contributed by atoms with Crippen molar-refractivity contribution < 1.29 is 17.3 Å². The van der Waals surface area contributed by atoms with E-state index in [9.17, 15) is 8.42 Å². The van der Waals surface area contributed by atoms with Gasteiger partial charge in [-0.2, -0.15) is 8.42 Å². The smallest absolute Gasteiger partial charge is 0.266 e. The molecule has 0 amide bonds. The normalized spacial score (nSPS) is 32.5. The summed E-state index contributed by atoms with van der Waals surface area (Å²) in [6.45, 7) is 0.349. The maximum atomic E-state index is 10.5. The zero-order valence-electron chi connectivity index (χ0n) is 5.99. The van der Waals surface area contributed by atoms with Gasteiger partial charge in [-0.05, 0) is 0 Å². The fraction of sp³-hybridized carbons (Fsp3) is 1.00. The third-order valence-corrected chi connectivity index (χ3v) is 2.06. The molecule has 1 rings (SSSR count). The van der Waals surface area contributed by atoms with Crippen LogP contribution in [0.25, 0.3) is 0 Å². The fourth-order valence-corrected chi connectivity index (χ4v) is 1.56. The van der Waals surface area contributed by atoms with Crippen LogP contribution in [0.1, 0.15) is 6.42 Å². The molecule has 0 saturated carbocycles. The second-order valence-electron chi connectivity index (χ2n) is 2.40. The zero-order valence-corrected chi connectivity index (χ0v) is 7.56. The molecule has 1 heterocycles. The molecule has 66 valence electrons. The number of hydrogen-bond acceptors (Lipinski definition) is 4. The molecule has 0 aromatic carbocycles. The Morgan fingerprint density at radius 2 is 2.27 bits per heavy atom. The summed E-state index contributed by atoms with van der Waals surface area (Å²) in [7, 11) is -3.41. The lowest BCUT2D eigenvalue weighted by Crippen LogP contribution is -2.15. The Morgan fingerprint density at radius 3 is 2.64 bits per heavy atom. The number of ether oxygens (including phenoxy) is 1. The summed E-state index contributed by atoms with van der Waals surface area (Å²) >= 11 is 5.64. The van der Waals surface area contributed by atoms with Crippen LogP contribution in [0.5, 0.6) is 0 Å². The molecule has 6 heteroatoms. The van der Waals surface area contributed by atoms with Gasteiger partial charge in [0.1, 0.15) is 0 Å². The summed E-state index contributed by atoms with van der Waals surface area (Å²) < 4.78 is 30.5. The molecule has 1 aliphatic rings. The molecule has 0 radical (unpaired) electrons. The average Bonchev–Trinajstić information content (AvgIpc) is 2.10. The van der Waals surface area contributed by atoms with Crippen LogP contribution < -0.4 is 0 Å². The Kier molecular flexibility index (Phi) is 2.74. The first-order chi connectivity index (χ1) is 4.97. The summed E-state index contributed by atoms with van der Waals surface area (Å²) in [5.74, 6) is 0. The van der Waals surface area contributed by atoms with Gasteiger partial charge < -0.3 is 4.74 Å². The Labute approximate surface area is 70.6 Å². The van der Waals surface area contributed by atoms with Gasteiger partial charge in [0.25, 0.3) is 10.1 Å². The molecule has 2 atom stereocenters. The van der Waals surface area contributed by atoms with Crippen LogP contribution in [0, 0.1) is 0 Å². The summed E-state index contributed by atoms with van der Waals surface area (Å²) in [6, 6.07) is 0. The van der Waals surface area contributed by atoms with Crippen LogP contribution in [-0.2, 0) is 19.0 Å². The highest BCUT2D eigenvalue weighted by Crippen LogP contribution is 2.19. The molecule has 0 unspecified atom stereocenters. The van der Waals surface area contributed by atoms with Crippen LogP contribution in [-0.4, -0.2) is 32.9 Å². The third-order valence-electron chi connectivity index (χ3n) is 1.19. The first-order valence-corrected chi connectivity index (χ1v) is 5.36. The van der Waals surface area contributed by atoms with E-state index >= 15 is 0 Å². The first-order valence-electron chi connectivity index (χ1n) is 3.11. The number of halogens is 1. The molecule has 0 N–H and O–H groups in total. The topological polar surface area (TPSA) is 52.6 Å². The van der Waals surface area contributed by atoms with Crippen LogP contribution in [0.4, 0.5) is 0 Å². The molecular weight excluding hydrogens is 192 g/mol. The summed E-state index contributed by atoms with van der Waals surface area (Å²) in [5, 5.41) is -0.137. The SMILES string of the molecule is CS(=O)(=O)O[C@@H]1C[C@H](Cl)CO1. The van der Waals surface area contributed by atoms with E-state index in [0.29, 0.717) is 13.0 Å². The van der Waals surface area contributed by atoms with Crippen molar-refractivity contribution in [1.29, 1.82) is 0 Å². The summed E-state index contributed by atoms with van der Waals surface area (Å²) in [5.41, 5.74) is 0. The van der Waals surface area contributed by atoms with Crippen molar-refractivity contribution in [2.24, 2.45) is 0 Å². The predicted molar refractivity (Wildman–Crippen MR) is 39.9 cm³/mol. The number of hydrogen-bond donors (Lipinski definition) is 0. The second kappa shape index (κ2) is 3.26. The molecule has 1 aliphatic heterocycles. The van der Waals surface area contributed by atoms with Gasteiger partial charge in [-0.15, -0.1) is 11.6 Å². The molecule has 0 bridgehead atoms. The van der Waals surface area contributed by atoms with Crippen LogP contribution >= 0.6 is 11.6 Å². The highest BCUT2D eigenvalue weighted by Gasteiger charge is 2.27. The van der Waals surface area contributed by atoms with Gasteiger partial charge in [-0.1, -0.05) is 0 Å². The number of alkyl halides is 1. The third kappa shape index (κ3) is 3.37. The summed E-state index contributed by atoms with van der Waals surface area (Å²) in [6.07, 6.45) is 0.722. The molecule has 0 aromatic rings. The van der Waals surface area contributed by atoms with E-state index in [1.807, 2.05) is 0 Å². The molecule has 1 saturated heterocycles. The monoisotopic (exact) mass is 200 g/mol. The van der Waals surface area contributed by atoms with Gasteiger partial charge in [0, 0.05) is 6.42 Å². The number of rotatable bonds is 2. The van der Waals surface area contributed by atoms with E-state index in [4.69, 9.17) is 16.3 Å². The van der Waals surface area contributed by atoms with Crippen LogP contribution in [0.15, 0.2) is 0 Å². The van der Waals surface area contributed by atoms with Crippen molar-refractivity contribution >= 4 is 21.7 Å². The molecular formula is C5H9ClO4S. The van der Waals surface area contributed by atoms with E-state index in [2.05, 4.69) is 4.18 Å². The highest BCUT2D eigenvalue weighted by molar-refractivity contribution is 7.86. The van der Waals surface area contributed by atoms with Crippen molar-refractivity contribution in [2.45, 2.75) is 18.1 Å². The Morgan fingerprint density at radius 1 is 1.64 bits per heavy atom. The maximum Gasteiger partial charge on any atom is 0.266 e. The van der Waals surface area contributed by atoms with Gasteiger partial charge in [0.15, 0.2) is 6.29 Å². The standard InChI is InChI=1S/C5H9ClO4S/c1-11(7,8)10-5-2-4(6)3-9-5/h4-5H,2-3H2,1H3/t4-,5+/m0/s1. The van der Waals surface area contributed by atoms with Gasteiger partial charge in [-0.25, -0.2) is 4.18 Å². The quantitative estimate of drug-likeness (QED) is 0.476. The van der Waals surface area contributed by atoms with E-state index in [1.54, 1.807) is 0 Å². The van der Waals surface area contributed by atoms with Crippen molar-refractivity contribution in [1.82, 2.24) is 0 Å². The fourth-order valence-electron chi connectivity index (χ4n) is 0.819. The van der Waals surface area contributed by atoms with Gasteiger partial charge in [-0.3, -0.25) is 0 Å². The van der Waals surface area contributed by atoms with Crippen molar-refractivity contribution in [2.75, 3.05) is 12.9 Å². The van der Waals surface area contributed by atoms with Crippen LogP contribution in [0.3, 0.4) is 0 Å². The predicted octanol–water partition coefficient (Wildman–Crippen LogP) is 0.316. The Balaban J connectivity index is 2.41. The van der Waals surface area contributed by atoms with E-state index in [1.165, 1.54) is 0 Å². The van der Waals surface area contributed by atoms with Crippen molar-refractivity contribution in [3.05, 3.63) is 0 Å². The Bertz CT molecular complexity index is 225. The summed E-state index contributed by atoms with van der Waals surface area (Å²) in [4.78, 5) is 0. The van der Waals surface area contributed by atoms with E-state index < -0.39 is 16.4 Å². The minimum absolute atomic E-state index is 0.137. The van der Waals surface area contributed by atoms with Gasteiger partial charge in [0.2, 0.25) is 0 Å². The average molecular weight is 201 g/mol. The molecule has 0 spiro atoms. The zero-order chi connectivity index (χ0) is 8.48. The van der Waals surface area contributed by atoms with Gasteiger partial charge in [0.05, 0.1) is 18.2 Å². The molecule has 11 heavy (non-hydrogen) atoms. The lowest BCUT2D eigenvalue weighted by atomic mass is 10.4. The largest absolute Gasteiger partial charge is 0.350 e. The van der Waals surface area contributed by atoms with Crippen LogP contribution in [0.2, 0.25) is 0 Å². The minimum atomic E-state index is -3.41. The van der Waals surface area contributed by atoms with Crippen molar-refractivity contribution in [3.63, 3.8) is 0 Å². The highest BCUT2D eigenvalue weighted by atomic mass is 35.5. The van der Waals surface area contributed by atoms with Gasteiger partial charge >= 0.3 is 0 Å². The molecule has 4 nitrogen and oxygen atoms in total.